The van der Waals surface area contributed by atoms with Crippen molar-refractivity contribution >= 4 is 5.69 Å². The van der Waals surface area contributed by atoms with Crippen LogP contribution >= 0.6 is 0 Å². The number of hydrogen-bond donors (Lipinski definition) is 0. The monoisotopic (exact) mass is 344 g/mol. The fourth-order valence-electron chi connectivity index (χ4n) is 3.59. The summed E-state index contributed by atoms with van der Waals surface area (Å²) < 4.78 is 7.26. The second kappa shape index (κ2) is 7.23. The van der Waals surface area contributed by atoms with Gasteiger partial charge in [-0.25, -0.2) is 4.68 Å². The first-order valence-corrected chi connectivity index (χ1v) is 8.66. The maximum Gasteiger partial charge on any atom is 0.312 e. The lowest BCUT2D eigenvalue weighted by Gasteiger charge is -2.25. The summed E-state index contributed by atoms with van der Waals surface area (Å²) in [5, 5.41) is 15.6. The van der Waals surface area contributed by atoms with Crippen LogP contribution in [0.2, 0.25) is 0 Å². The van der Waals surface area contributed by atoms with Crippen molar-refractivity contribution in [2.45, 2.75) is 46.3 Å². The first-order chi connectivity index (χ1) is 12.0. The molecule has 0 unspecified atom stereocenters. The molecule has 1 aromatic carbocycles. The highest BCUT2D eigenvalue weighted by Gasteiger charge is 2.29. The molecule has 1 atom stereocenters. The van der Waals surface area contributed by atoms with E-state index in [0.29, 0.717) is 30.7 Å². The Morgan fingerprint density at radius 1 is 1.32 bits per heavy atom. The number of aromatic nitrogens is 2. The van der Waals surface area contributed by atoms with Crippen molar-refractivity contribution in [2.24, 2.45) is 0 Å². The minimum absolute atomic E-state index is 0.122. The molecule has 134 valence electrons. The number of benzene rings is 1. The van der Waals surface area contributed by atoms with Gasteiger partial charge in [-0.15, -0.1) is 0 Å². The van der Waals surface area contributed by atoms with Gasteiger partial charge >= 0.3 is 5.69 Å². The minimum Gasteiger partial charge on any atom is -0.494 e. The van der Waals surface area contributed by atoms with E-state index in [4.69, 9.17) is 4.74 Å². The van der Waals surface area contributed by atoms with Crippen molar-refractivity contribution in [3.63, 3.8) is 0 Å². The molecule has 0 amide bonds. The molecule has 1 aliphatic rings. The Morgan fingerprint density at radius 3 is 2.64 bits per heavy atom. The van der Waals surface area contributed by atoms with Crippen LogP contribution in [0.1, 0.15) is 42.8 Å². The van der Waals surface area contributed by atoms with E-state index in [1.807, 2.05) is 19.1 Å². The number of hydrogen-bond acceptors (Lipinski definition) is 5. The topological polar surface area (TPSA) is 73.4 Å². The van der Waals surface area contributed by atoms with Crippen molar-refractivity contribution in [1.82, 2.24) is 14.7 Å². The fourth-order valence-corrected chi connectivity index (χ4v) is 3.59. The molecular weight excluding hydrogens is 320 g/mol. The van der Waals surface area contributed by atoms with E-state index in [1.54, 1.807) is 18.5 Å². The van der Waals surface area contributed by atoms with Crippen LogP contribution in [0.4, 0.5) is 5.69 Å². The number of aryl methyl sites for hydroxylation is 1. The molecule has 0 radical (unpaired) electrons. The Bertz CT molecular complexity index is 754. The van der Waals surface area contributed by atoms with Crippen molar-refractivity contribution < 1.29 is 9.66 Å². The Morgan fingerprint density at radius 2 is 2.04 bits per heavy atom. The molecule has 0 spiro atoms. The molecule has 0 aliphatic carbocycles. The molecule has 3 rings (SSSR count). The molecule has 7 nitrogen and oxygen atoms in total. The summed E-state index contributed by atoms with van der Waals surface area (Å²) >= 11 is 0. The number of rotatable bonds is 6. The van der Waals surface area contributed by atoms with E-state index in [9.17, 15) is 10.1 Å². The zero-order valence-electron chi connectivity index (χ0n) is 14.9. The molecule has 7 heteroatoms. The van der Waals surface area contributed by atoms with Crippen LogP contribution in [0.3, 0.4) is 0 Å². The average Bonchev–Trinajstić information content (AvgIpc) is 3.13. The van der Waals surface area contributed by atoms with E-state index in [0.717, 1.165) is 25.1 Å². The van der Waals surface area contributed by atoms with Gasteiger partial charge in [0.05, 0.1) is 18.2 Å². The molecule has 2 aromatic rings. The maximum atomic E-state index is 11.2. The third-order valence-electron chi connectivity index (χ3n) is 4.78. The van der Waals surface area contributed by atoms with Gasteiger partial charge < -0.3 is 4.74 Å². The van der Waals surface area contributed by atoms with Gasteiger partial charge in [-0.3, -0.25) is 15.0 Å². The van der Waals surface area contributed by atoms with E-state index in [1.165, 1.54) is 5.56 Å². The third-order valence-corrected chi connectivity index (χ3v) is 4.78. The van der Waals surface area contributed by atoms with Gasteiger partial charge in [0.2, 0.25) is 0 Å². The van der Waals surface area contributed by atoms with Gasteiger partial charge in [-0.05, 0) is 51.3 Å². The summed E-state index contributed by atoms with van der Waals surface area (Å²) in [5.41, 5.74) is 2.45. The van der Waals surface area contributed by atoms with Gasteiger partial charge in [0.15, 0.2) is 0 Å². The quantitative estimate of drug-likeness (QED) is 0.591. The van der Waals surface area contributed by atoms with Crippen LogP contribution in [0.15, 0.2) is 24.3 Å². The second-order valence-electron chi connectivity index (χ2n) is 6.39. The highest BCUT2D eigenvalue weighted by molar-refractivity contribution is 5.39. The average molecular weight is 344 g/mol. The van der Waals surface area contributed by atoms with Crippen molar-refractivity contribution in [1.29, 1.82) is 0 Å². The highest BCUT2D eigenvalue weighted by atomic mass is 16.6. The van der Waals surface area contributed by atoms with E-state index >= 15 is 0 Å². The number of likely N-dealkylation sites (tertiary alicyclic amines) is 1. The first kappa shape index (κ1) is 17.4. The molecule has 0 saturated carbocycles. The summed E-state index contributed by atoms with van der Waals surface area (Å²) in [4.78, 5) is 13.2. The van der Waals surface area contributed by atoms with Crippen LogP contribution < -0.4 is 4.74 Å². The van der Waals surface area contributed by atoms with Gasteiger partial charge in [0.1, 0.15) is 17.1 Å². The molecular formula is C18H24N4O3. The molecule has 0 N–H and O–H groups in total. The number of nitro groups is 1. The molecule has 1 aromatic heterocycles. The Kier molecular flexibility index (Phi) is 5.03. The number of ether oxygens (including phenoxy) is 1. The zero-order valence-corrected chi connectivity index (χ0v) is 14.9. The SMILES string of the molecule is CCOc1ccc([C@@H]2CCCN2Cn2nc(C)c([N+](=O)[O-])c2C)cc1. The molecule has 2 heterocycles. The fraction of sp³-hybridized carbons (Fsp3) is 0.500. The lowest BCUT2D eigenvalue weighted by molar-refractivity contribution is -0.386. The lowest BCUT2D eigenvalue weighted by atomic mass is 10.0. The standard InChI is InChI=1S/C18H24N4O3/c1-4-25-16-9-7-15(8-10-16)17-6-5-11-20(17)12-21-14(3)18(22(23)24)13(2)19-21/h7-10,17H,4-6,11-12H2,1-3H3/t17-/m0/s1. The molecule has 0 bridgehead atoms. The number of nitrogens with zero attached hydrogens (tertiary/aromatic N) is 4. The summed E-state index contributed by atoms with van der Waals surface area (Å²) in [7, 11) is 0. The molecule has 1 aliphatic heterocycles. The predicted molar refractivity (Wildman–Crippen MR) is 94.6 cm³/mol. The van der Waals surface area contributed by atoms with Gasteiger partial charge in [-0.2, -0.15) is 5.10 Å². The largest absolute Gasteiger partial charge is 0.494 e. The Hall–Kier alpha value is -2.41. The van der Waals surface area contributed by atoms with Gasteiger partial charge in [0.25, 0.3) is 0 Å². The predicted octanol–water partition coefficient (Wildman–Crippen LogP) is 3.60. The van der Waals surface area contributed by atoms with E-state index < -0.39 is 0 Å². The Balaban J connectivity index is 1.78. The van der Waals surface area contributed by atoms with Crippen molar-refractivity contribution in [2.75, 3.05) is 13.2 Å². The minimum atomic E-state index is -0.345. The summed E-state index contributed by atoms with van der Waals surface area (Å²) in [5.74, 6) is 0.880. The van der Waals surface area contributed by atoms with Gasteiger partial charge in [-0.1, -0.05) is 12.1 Å². The molecule has 25 heavy (non-hydrogen) atoms. The summed E-state index contributed by atoms with van der Waals surface area (Å²) in [6.07, 6.45) is 2.19. The normalized spacial score (nSPS) is 17.8. The zero-order chi connectivity index (χ0) is 18.0. The second-order valence-corrected chi connectivity index (χ2v) is 6.39. The maximum absolute atomic E-state index is 11.2. The van der Waals surface area contributed by atoms with Gasteiger partial charge in [0, 0.05) is 12.6 Å². The van der Waals surface area contributed by atoms with Crippen molar-refractivity contribution in [3.8, 4) is 5.75 Å². The van der Waals surface area contributed by atoms with Crippen LogP contribution in [0.25, 0.3) is 0 Å². The van der Waals surface area contributed by atoms with Crippen LogP contribution in [0.5, 0.6) is 5.75 Å². The van der Waals surface area contributed by atoms with E-state index in [2.05, 4.69) is 22.1 Å². The first-order valence-electron chi connectivity index (χ1n) is 8.66. The smallest absolute Gasteiger partial charge is 0.312 e. The Labute approximate surface area is 147 Å². The van der Waals surface area contributed by atoms with Crippen LogP contribution in [0, 0.1) is 24.0 Å². The summed E-state index contributed by atoms with van der Waals surface area (Å²) in [6, 6.07) is 8.53. The van der Waals surface area contributed by atoms with E-state index in [-0.39, 0.29) is 10.6 Å². The lowest BCUT2D eigenvalue weighted by Crippen LogP contribution is -2.27. The van der Waals surface area contributed by atoms with Crippen LogP contribution in [-0.4, -0.2) is 32.8 Å². The van der Waals surface area contributed by atoms with Crippen molar-refractivity contribution in [3.05, 3.63) is 51.3 Å². The molecule has 1 saturated heterocycles. The third kappa shape index (κ3) is 3.51. The summed E-state index contributed by atoms with van der Waals surface area (Å²) in [6.45, 7) is 7.61. The molecule has 1 fully saturated rings. The van der Waals surface area contributed by atoms with Crippen LogP contribution in [-0.2, 0) is 6.67 Å². The highest BCUT2D eigenvalue weighted by Crippen LogP contribution is 2.34.